The monoisotopic (exact) mass is 545 g/mol. The number of benzene rings is 7. The molecule has 7 aromatic rings. The predicted octanol–water partition coefficient (Wildman–Crippen LogP) is 11.1. The number of allylic oxidation sites excluding steroid dienone is 3. The second kappa shape index (κ2) is 8.12. The molecule has 0 heterocycles. The summed E-state index contributed by atoms with van der Waals surface area (Å²) in [6.45, 7) is 2.26. The van der Waals surface area contributed by atoms with Gasteiger partial charge in [-0.25, -0.2) is 0 Å². The molecule has 0 aliphatic heterocycles. The van der Waals surface area contributed by atoms with Gasteiger partial charge in [-0.15, -0.1) is 0 Å². The second-order valence-corrected chi connectivity index (χ2v) is 12.3. The Bertz CT molecular complexity index is 2460. The molecule has 2 bridgehead atoms. The highest BCUT2D eigenvalue weighted by atomic mass is 14.5. The van der Waals surface area contributed by atoms with Crippen molar-refractivity contribution in [2.45, 2.75) is 13.3 Å². The van der Waals surface area contributed by atoms with Crippen LogP contribution >= 0.6 is 0 Å². The zero-order valence-electron chi connectivity index (χ0n) is 23.8. The molecule has 2 N–H and O–H groups in total. The van der Waals surface area contributed by atoms with Crippen molar-refractivity contribution >= 4 is 49.7 Å². The van der Waals surface area contributed by atoms with Crippen molar-refractivity contribution in [3.05, 3.63) is 138 Å². The van der Waals surface area contributed by atoms with Gasteiger partial charge < -0.3 is 5.73 Å². The lowest BCUT2D eigenvalue weighted by molar-refractivity contribution is 1.24. The number of rotatable bonds is 1. The maximum Gasteiger partial charge on any atom is 0.0320 e. The first kappa shape index (κ1) is 23.2. The first-order valence-corrected chi connectivity index (χ1v) is 15.1. The lowest BCUT2D eigenvalue weighted by atomic mass is 9.77. The number of hydrogen-bond acceptors (Lipinski definition) is 1. The molecule has 10 rings (SSSR count). The maximum absolute atomic E-state index is 6.50. The third-order valence-electron chi connectivity index (χ3n) is 10.1. The standard InChI is InChI=1S/C42H27N/c1-23-13-15-30-37-20-35(23)27-9-4-5-10-28(27)38(37)21-41-31-16-14-24(43)19-36(31)39(22-40(30)41)29-17-18-34-26-8-3-2-7-25(26)32-11-6-12-33(29)42(32)34/h2-19,21-22H,20,43H2,1H3. The van der Waals surface area contributed by atoms with Gasteiger partial charge in [0.2, 0.25) is 0 Å². The van der Waals surface area contributed by atoms with Crippen LogP contribution in [0, 0.1) is 0 Å². The van der Waals surface area contributed by atoms with Gasteiger partial charge in [0, 0.05) is 5.69 Å². The molecule has 200 valence electrons. The number of anilines is 1. The zero-order valence-corrected chi connectivity index (χ0v) is 23.8. The highest BCUT2D eigenvalue weighted by Crippen LogP contribution is 2.52. The molecule has 0 saturated heterocycles. The molecule has 43 heavy (non-hydrogen) atoms. The Balaban J connectivity index is 1.34. The van der Waals surface area contributed by atoms with Crippen LogP contribution in [-0.2, 0) is 6.42 Å². The second-order valence-electron chi connectivity index (χ2n) is 12.3. The molecule has 7 aromatic carbocycles. The van der Waals surface area contributed by atoms with E-state index in [1.165, 1.54) is 105 Å². The molecule has 0 saturated carbocycles. The summed E-state index contributed by atoms with van der Waals surface area (Å²) in [6, 6.07) is 40.5. The summed E-state index contributed by atoms with van der Waals surface area (Å²) in [5.41, 5.74) is 24.7. The molecule has 0 unspecified atom stereocenters. The van der Waals surface area contributed by atoms with E-state index in [0.29, 0.717) is 0 Å². The summed E-state index contributed by atoms with van der Waals surface area (Å²) in [6.07, 6.45) is 5.66. The Kier molecular flexibility index (Phi) is 4.38. The smallest absolute Gasteiger partial charge is 0.0320 e. The lowest BCUT2D eigenvalue weighted by Crippen LogP contribution is -2.06. The summed E-state index contributed by atoms with van der Waals surface area (Å²) in [4.78, 5) is 0. The van der Waals surface area contributed by atoms with Crippen molar-refractivity contribution in [1.82, 2.24) is 0 Å². The molecule has 0 atom stereocenters. The Morgan fingerprint density at radius 3 is 1.95 bits per heavy atom. The van der Waals surface area contributed by atoms with Crippen LogP contribution in [0.1, 0.15) is 23.6 Å². The van der Waals surface area contributed by atoms with Gasteiger partial charge in [-0.05, 0) is 142 Å². The molecule has 3 aliphatic carbocycles. The zero-order chi connectivity index (χ0) is 28.4. The van der Waals surface area contributed by atoms with Gasteiger partial charge in [0.15, 0.2) is 0 Å². The third-order valence-corrected chi connectivity index (χ3v) is 10.1. The van der Waals surface area contributed by atoms with Crippen molar-refractivity contribution in [3.8, 4) is 44.5 Å². The van der Waals surface area contributed by atoms with Crippen LogP contribution in [0.15, 0.2) is 121 Å². The first-order chi connectivity index (χ1) is 21.2. The fraction of sp³-hybridized carbons (Fsp3) is 0.0476. The van der Waals surface area contributed by atoms with E-state index < -0.39 is 0 Å². The number of nitrogens with two attached hydrogens (primary N) is 1. The number of nitrogen functional groups attached to an aromatic ring is 1. The normalized spacial score (nSPS) is 14.0. The summed E-state index contributed by atoms with van der Waals surface area (Å²) < 4.78 is 0. The summed E-state index contributed by atoms with van der Waals surface area (Å²) in [7, 11) is 0. The van der Waals surface area contributed by atoms with E-state index in [0.717, 1.165) is 12.1 Å². The molecule has 3 aliphatic rings. The van der Waals surface area contributed by atoms with Crippen LogP contribution in [0.25, 0.3) is 88.5 Å². The molecule has 1 heteroatoms. The molecule has 0 spiro atoms. The largest absolute Gasteiger partial charge is 0.399 e. The van der Waals surface area contributed by atoms with Gasteiger partial charge in [0.1, 0.15) is 0 Å². The summed E-state index contributed by atoms with van der Waals surface area (Å²) in [5.74, 6) is 0. The average molecular weight is 546 g/mol. The highest BCUT2D eigenvalue weighted by molar-refractivity contribution is 6.23. The Morgan fingerprint density at radius 1 is 0.465 bits per heavy atom. The highest BCUT2D eigenvalue weighted by Gasteiger charge is 2.27. The Hall–Kier alpha value is -5.40. The molecule has 0 aromatic heterocycles. The van der Waals surface area contributed by atoms with Gasteiger partial charge in [0.05, 0.1) is 0 Å². The van der Waals surface area contributed by atoms with Gasteiger partial charge in [-0.3, -0.25) is 0 Å². The number of fused-ring (bicyclic) bond motifs is 11. The molecule has 0 amide bonds. The van der Waals surface area contributed by atoms with E-state index in [1.54, 1.807) is 0 Å². The topological polar surface area (TPSA) is 26.0 Å². The van der Waals surface area contributed by atoms with Gasteiger partial charge in [-0.2, -0.15) is 0 Å². The lowest BCUT2D eigenvalue weighted by Gasteiger charge is -2.26. The third kappa shape index (κ3) is 2.96. The molecule has 0 fully saturated rings. The average Bonchev–Trinajstić information content (AvgIpc) is 3.28. The van der Waals surface area contributed by atoms with Crippen LogP contribution in [0.4, 0.5) is 5.69 Å². The number of hydrogen-bond donors (Lipinski definition) is 1. The molecular formula is C42H27N. The van der Waals surface area contributed by atoms with Crippen LogP contribution in [0.5, 0.6) is 0 Å². The van der Waals surface area contributed by atoms with Gasteiger partial charge >= 0.3 is 0 Å². The van der Waals surface area contributed by atoms with E-state index in [4.69, 9.17) is 5.73 Å². The van der Waals surface area contributed by atoms with E-state index in [-0.39, 0.29) is 0 Å². The molecular weight excluding hydrogens is 518 g/mol. The van der Waals surface area contributed by atoms with Crippen LogP contribution in [-0.4, -0.2) is 0 Å². The Labute approximate surface area is 250 Å². The SMILES string of the molecule is CC1=C2Cc3c(cc4c(cc(-c5ccc6c7c(cccc57)-c5ccccc5-6)c5cc(N)ccc54)c3C=C1)-c1ccccc12. The first-order valence-electron chi connectivity index (χ1n) is 15.1. The van der Waals surface area contributed by atoms with Crippen molar-refractivity contribution in [2.75, 3.05) is 5.73 Å². The van der Waals surface area contributed by atoms with Crippen LogP contribution < -0.4 is 5.73 Å². The van der Waals surface area contributed by atoms with Gasteiger partial charge in [-0.1, -0.05) is 97.1 Å². The van der Waals surface area contributed by atoms with E-state index >= 15 is 0 Å². The molecule has 1 nitrogen and oxygen atoms in total. The fourth-order valence-corrected chi connectivity index (χ4v) is 8.18. The Morgan fingerprint density at radius 2 is 1.14 bits per heavy atom. The quantitative estimate of drug-likeness (QED) is 0.161. The van der Waals surface area contributed by atoms with Gasteiger partial charge in [0.25, 0.3) is 0 Å². The van der Waals surface area contributed by atoms with Crippen LogP contribution in [0.3, 0.4) is 0 Å². The minimum atomic E-state index is 0.789. The van der Waals surface area contributed by atoms with Crippen molar-refractivity contribution in [3.63, 3.8) is 0 Å². The maximum atomic E-state index is 6.50. The minimum Gasteiger partial charge on any atom is -0.399 e. The van der Waals surface area contributed by atoms with E-state index in [1.807, 2.05) is 0 Å². The van der Waals surface area contributed by atoms with Crippen molar-refractivity contribution < 1.29 is 0 Å². The predicted molar refractivity (Wildman–Crippen MR) is 184 cm³/mol. The van der Waals surface area contributed by atoms with Crippen molar-refractivity contribution in [2.24, 2.45) is 0 Å². The minimum absolute atomic E-state index is 0.789. The van der Waals surface area contributed by atoms with Crippen LogP contribution in [0.2, 0.25) is 0 Å². The van der Waals surface area contributed by atoms with Crippen molar-refractivity contribution in [1.29, 1.82) is 0 Å². The molecule has 0 radical (unpaired) electrons. The van der Waals surface area contributed by atoms with E-state index in [2.05, 4.69) is 128 Å². The summed E-state index contributed by atoms with van der Waals surface area (Å²) in [5, 5.41) is 7.69. The van der Waals surface area contributed by atoms with E-state index in [9.17, 15) is 0 Å². The summed E-state index contributed by atoms with van der Waals surface area (Å²) >= 11 is 0. The fourth-order valence-electron chi connectivity index (χ4n) is 8.18.